The molecule has 6 nitrogen and oxygen atoms in total. The first-order valence-electron chi connectivity index (χ1n) is 12.5. The van der Waals surface area contributed by atoms with Crippen molar-refractivity contribution in [3.63, 3.8) is 0 Å². The summed E-state index contributed by atoms with van der Waals surface area (Å²) in [6.45, 7) is 3.86. The SMILES string of the molecule is CCOC(=O)C1=C(C)N=c2s/c(=C\c3cc(I)c(OCc4ccc(F)cc4)c(I)c3)c(=O)n2[C@@H]1c1ccc(F)cc1. The van der Waals surface area contributed by atoms with Crippen molar-refractivity contribution in [2.24, 2.45) is 4.99 Å². The Morgan fingerprint density at radius 1 is 1.05 bits per heavy atom. The van der Waals surface area contributed by atoms with Gasteiger partial charge in [-0.3, -0.25) is 9.36 Å². The number of benzene rings is 3. The molecule has 1 aliphatic rings. The van der Waals surface area contributed by atoms with Crippen LogP contribution in [0, 0.1) is 18.8 Å². The second kappa shape index (κ2) is 12.5. The van der Waals surface area contributed by atoms with Crippen molar-refractivity contribution in [2.45, 2.75) is 26.5 Å². The Labute approximate surface area is 265 Å². The predicted molar refractivity (Wildman–Crippen MR) is 169 cm³/mol. The van der Waals surface area contributed by atoms with Crippen LogP contribution in [-0.2, 0) is 16.1 Å². The Morgan fingerprint density at radius 3 is 2.27 bits per heavy atom. The first kappa shape index (κ1) is 29.6. The van der Waals surface area contributed by atoms with E-state index in [0.29, 0.717) is 26.3 Å². The number of aromatic nitrogens is 1. The van der Waals surface area contributed by atoms with Crippen molar-refractivity contribution in [3.05, 3.63) is 127 Å². The zero-order valence-electron chi connectivity index (χ0n) is 21.8. The molecule has 0 fully saturated rings. The van der Waals surface area contributed by atoms with Crippen LogP contribution in [0.3, 0.4) is 0 Å². The van der Waals surface area contributed by atoms with Gasteiger partial charge in [-0.2, -0.15) is 0 Å². The van der Waals surface area contributed by atoms with E-state index in [4.69, 9.17) is 9.47 Å². The Morgan fingerprint density at radius 2 is 1.66 bits per heavy atom. The van der Waals surface area contributed by atoms with Crippen molar-refractivity contribution in [1.29, 1.82) is 0 Å². The molecule has 0 radical (unpaired) electrons. The average molecular weight is 798 g/mol. The summed E-state index contributed by atoms with van der Waals surface area (Å²) in [5.41, 5.74) is 2.57. The molecule has 3 aromatic carbocycles. The number of hydrogen-bond acceptors (Lipinski definition) is 6. The van der Waals surface area contributed by atoms with Gasteiger partial charge in [-0.1, -0.05) is 35.6 Å². The summed E-state index contributed by atoms with van der Waals surface area (Å²) in [7, 11) is 0. The van der Waals surface area contributed by atoms with Gasteiger partial charge >= 0.3 is 5.97 Å². The lowest BCUT2D eigenvalue weighted by Crippen LogP contribution is -2.39. The lowest BCUT2D eigenvalue weighted by Gasteiger charge is -2.24. The van der Waals surface area contributed by atoms with Gasteiger partial charge in [0.25, 0.3) is 5.56 Å². The molecule has 0 saturated heterocycles. The molecule has 0 aliphatic carbocycles. The molecule has 2 heterocycles. The number of nitrogens with zero attached hydrogens (tertiary/aromatic N) is 2. The van der Waals surface area contributed by atoms with Crippen molar-refractivity contribution in [1.82, 2.24) is 4.57 Å². The van der Waals surface area contributed by atoms with Gasteiger partial charge in [0.2, 0.25) is 0 Å². The molecular weight excluding hydrogens is 776 g/mol. The molecule has 1 atom stereocenters. The highest BCUT2D eigenvalue weighted by molar-refractivity contribution is 14.1. The summed E-state index contributed by atoms with van der Waals surface area (Å²) >= 11 is 5.58. The number of halogens is 4. The fourth-order valence-electron chi connectivity index (χ4n) is 4.44. The number of hydrogen-bond donors (Lipinski definition) is 0. The van der Waals surface area contributed by atoms with Gasteiger partial charge in [-0.05, 0) is 118 Å². The van der Waals surface area contributed by atoms with E-state index in [0.717, 1.165) is 18.3 Å². The Kier molecular flexibility index (Phi) is 9.04. The number of carbonyl (C=O) groups is 1. The highest BCUT2D eigenvalue weighted by Gasteiger charge is 2.33. The number of ether oxygens (including phenoxy) is 2. The Hall–Kier alpha value is -2.91. The molecule has 1 aromatic heterocycles. The van der Waals surface area contributed by atoms with E-state index in [9.17, 15) is 18.4 Å². The van der Waals surface area contributed by atoms with E-state index >= 15 is 0 Å². The normalized spacial score (nSPS) is 15.0. The third kappa shape index (κ3) is 6.31. The van der Waals surface area contributed by atoms with Crippen LogP contribution in [0.25, 0.3) is 6.08 Å². The number of esters is 1. The summed E-state index contributed by atoms with van der Waals surface area (Å²) in [6.07, 6.45) is 1.78. The molecule has 41 heavy (non-hydrogen) atoms. The van der Waals surface area contributed by atoms with Crippen LogP contribution in [0.15, 0.2) is 81.7 Å². The van der Waals surface area contributed by atoms with Crippen molar-refractivity contribution >= 4 is 68.6 Å². The number of carbonyl (C=O) groups excluding carboxylic acids is 1. The highest BCUT2D eigenvalue weighted by Crippen LogP contribution is 2.32. The fourth-order valence-corrected chi connectivity index (χ4v) is 7.61. The maximum Gasteiger partial charge on any atom is 0.338 e. The molecule has 11 heteroatoms. The topological polar surface area (TPSA) is 69.9 Å². The molecule has 0 amide bonds. The minimum absolute atomic E-state index is 0.164. The van der Waals surface area contributed by atoms with Gasteiger partial charge in [-0.25, -0.2) is 18.6 Å². The third-order valence-electron chi connectivity index (χ3n) is 6.32. The standard InChI is InChI=1S/C30H22F2I2N2O4S/c1-3-39-29(38)25-16(2)35-30-36(26(25)19-6-10-21(32)11-7-19)28(37)24(41-30)14-18-12-22(33)27(23(34)13-18)40-15-17-4-8-20(31)9-5-17/h4-14,26H,3,15H2,1-2H3/b24-14-/t26-/m1/s1. The molecule has 0 spiro atoms. The zero-order chi connectivity index (χ0) is 29.3. The monoisotopic (exact) mass is 798 g/mol. The largest absolute Gasteiger partial charge is 0.487 e. The van der Waals surface area contributed by atoms with Gasteiger partial charge in [0.05, 0.1) is 35.6 Å². The molecule has 0 saturated carbocycles. The number of allylic oxidation sites excluding steroid dienone is 1. The van der Waals surface area contributed by atoms with Crippen LogP contribution in [0.5, 0.6) is 5.75 Å². The number of rotatable bonds is 7. The summed E-state index contributed by atoms with van der Waals surface area (Å²) < 4.78 is 41.9. The van der Waals surface area contributed by atoms with Crippen LogP contribution < -0.4 is 19.6 Å². The maximum atomic E-state index is 13.8. The van der Waals surface area contributed by atoms with Crippen LogP contribution in [0.2, 0.25) is 0 Å². The Bertz CT molecular complexity index is 1830. The lowest BCUT2D eigenvalue weighted by molar-refractivity contribution is -0.139. The summed E-state index contributed by atoms with van der Waals surface area (Å²) in [6, 6.07) is 14.9. The molecule has 5 rings (SSSR count). The molecule has 0 N–H and O–H groups in total. The van der Waals surface area contributed by atoms with Crippen LogP contribution in [0.4, 0.5) is 8.78 Å². The molecule has 0 bridgehead atoms. The van der Waals surface area contributed by atoms with E-state index in [1.807, 2.05) is 12.1 Å². The molecule has 1 aliphatic heterocycles. The van der Waals surface area contributed by atoms with Gasteiger partial charge in [0, 0.05) is 0 Å². The minimum atomic E-state index is -0.810. The van der Waals surface area contributed by atoms with Gasteiger partial charge < -0.3 is 9.47 Å². The zero-order valence-corrected chi connectivity index (χ0v) is 26.9. The van der Waals surface area contributed by atoms with Gasteiger partial charge in [0.15, 0.2) is 4.80 Å². The average Bonchev–Trinajstić information content (AvgIpc) is 3.23. The van der Waals surface area contributed by atoms with Crippen molar-refractivity contribution in [2.75, 3.05) is 6.61 Å². The van der Waals surface area contributed by atoms with Crippen LogP contribution >= 0.6 is 56.5 Å². The van der Waals surface area contributed by atoms with Gasteiger partial charge in [-0.15, -0.1) is 0 Å². The molecule has 0 unspecified atom stereocenters. The van der Waals surface area contributed by atoms with E-state index in [-0.39, 0.29) is 30.2 Å². The molecule has 4 aromatic rings. The predicted octanol–water partition coefficient (Wildman–Crippen LogP) is 5.86. The van der Waals surface area contributed by atoms with Crippen molar-refractivity contribution in [3.8, 4) is 5.75 Å². The Balaban J connectivity index is 1.54. The first-order valence-corrected chi connectivity index (χ1v) is 15.4. The van der Waals surface area contributed by atoms with Crippen LogP contribution in [0.1, 0.15) is 36.6 Å². The van der Waals surface area contributed by atoms with Crippen LogP contribution in [-0.4, -0.2) is 17.1 Å². The second-order valence-corrected chi connectivity index (χ2v) is 12.4. The maximum absolute atomic E-state index is 13.8. The van der Waals surface area contributed by atoms with E-state index in [1.165, 1.54) is 40.2 Å². The smallest absolute Gasteiger partial charge is 0.338 e. The molecular formula is C30H22F2I2N2O4S. The van der Waals surface area contributed by atoms with Gasteiger partial charge in [0.1, 0.15) is 24.0 Å². The summed E-state index contributed by atoms with van der Waals surface area (Å²) in [5, 5.41) is 0. The molecule has 210 valence electrons. The summed E-state index contributed by atoms with van der Waals surface area (Å²) in [5.74, 6) is -0.601. The summed E-state index contributed by atoms with van der Waals surface area (Å²) in [4.78, 5) is 31.8. The number of thiazole rings is 1. The second-order valence-electron chi connectivity index (χ2n) is 9.08. The quantitative estimate of drug-likeness (QED) is 0.174. The third-order valence-corrected chi connectivity index (χ3v) is 8.90. The highest BCUT2D eigenvalue weighted by atomic mass is 127. The van der Waals surface area contributed by atoms with E-state index in [2.05, 4.69) is 50.2 Å². The van der Waals surface area contributed by atoms with E-state index < -0.39 is 17.8 Å². The first-order chi connectivity index (χ1) is 19.7. The fraction of sp³-hybridized carbons (Fsp3) is 0.167. The van der Waals surface area contributed by atoms with E-state index in [1.54, 1.807) is 44.2 Å². The van der Waals surface area contributed by atoms with Crippen molar-refractivity contribution < 1.29 is 23.0 Å². The lowest BCUT2D eigenvalue weighted by atomic mass is 9.96. The number of fused-ring (bicyclic) bond motifs is 1. The minimum Gasteiger partial charge on any atom is -0.487 e.